The summed E-state index contributed by atoms with van der Waals surface area (Å²) in [5.41, 5.74) is 13.2. The lowest BCUT2D eigenvalue weighted by Gasteiger charge is -2.63. The standard InChI is InChI=1S/C37H46N4O3/c1-25(2)31-8-4-5-9-32(31)33-22-39(21-26-17-28-7-6-16-44-35(28)34(18-26)43-3)14-15-41(33)30-19-37(20-30)23-40(24-37)29-12-10-27(11-13-29)36(38)42/h4-5,8-13,17-18,25,30,33H,6-7,14-16,19-24H2,1-3H3,(H2,38,42)/t33-/m0/s1. The third-order valence-electron chi connectivity index (χ3n) is 10.5. The van der Waals surface area contributed by atoms with Crippen LogP contribution in [-0.4, -0.2) is 68.2 Å². The molecule has 7 heteroatoms. The van der Waals surface area contributed by atoms with Crippen LogP contribution in [-0.2, 0) is 13.0 Å². The zero-order chi connectivity index (χ0) is 30.4. The molecule has 7 rings (SSSR count). The lowest BCUT2D eigenvalue weighted by molar-refractivity contribution is -0.0647. The summed E-state index contributed by atoms with van der Waals surface area (Å²) in [5, 5.41) is 0. The van der Waals surface area contributed by atoms with Crippen molar-refractivity contribution in [2.75, 3.05) is 51.3 Å². The number of hydrogen-bond donors (Lipinski definition) is 1. The number of ether oxygens (including phenoxy) is 2. The monoisotopic (exact) mass is 594 g/mol. The Bertz CT molecular complexity index is 1490. The van der Waals surface area contributed by atoms with Gasteiger partial charge in [0.1, 0.15) is 0 Å². The molecule has 0 bridgehead atoms. The molecule has 1 saturated carbocycles. The van der Waals surface area contributed by atoms with Gasteiger partial charge in [0.15, 0.2) is 11.5 Å². The summed E-state index contributed by atoms with van der Waals surface area (Å²) in [6.45, 7) is 11.7. The minimum atomic E-state index is -0.371. The van der Waals surface area contributed by atoms with Crippen LogP contribution in [0.4, 0.5) is 5.69 Å². The number of anilines is 1. The van der Waals surface area contributed by atoms with Gasteiger partial charge in [-0.15, -0.1) is 0 Å². The van der Waals surface area contributed by atoms with Crippen molar-refractivity contribution in [1.29, 1.82) is 0 Å². The Morgan fingerprint density at radius 2 is 1.84 bits per heavy atom. The third kappa shape index (κ3) is 5.45. The van der Waals surface area contributed by atoms with E-state index < -0.39 is 0 Å². The van der Waals surface area contributed by atoms with Crippen molar-refractivity contribution in [2.24, 2.45) is 11.1 Å². The SMILES string of the molecule is COc1cc(CN2CCN(C3CC4(C3)CN(c3ccc(C(N)=O)cc3)C4)[C@H](c3ccccc3C(C)C)C2)cc2c1OCCC2. The molecule has 7 nitrogen and oxygen atoms in total. The first kappa shape index (κ1) is 29.2. The van der Waals surface area contributed by atoms with E-state index in [1.165, 1.54) is 40.8 Å². The van der Waals surface area contributed by atoms with E-state index in [0.717, 1.165) is 70.2 Å². The second kappa shape index (κ2) is 11.8. The molecule has 3 fully saturated rings. The van der Waals surface area contributed by atoms with Crippen LogP contribution in [0.5, 0.6) is 11.5 Å². The Hall–Kier alpha value is -3.55. The smallest absolute Gasteiger partial charge is 0.248 e. The van der Waals surface area contributed by atoms with Gasteiger partial charge in [-0.2, -0.15) is 0 Å². The summed E-state index contributed by atoms with van der Waals surface area (Å²) in [7, 11) is 1.75. The number of nitrogens with zero attached hydrogens (tertiary/aromatic N) is 3. The van der Waals surface area contributed by atoms with Crippen LogP contribution in [0, 0.1) is 5.41 Å². The molecule has 3 aliphatic heterocycles. The number of primary amides is 1. The number of nitrogens with two attached hydrogens (primary N) is 1. The van der Waals surface area contributed by atoms with Crippen molar-refractivity contribution in [1.82, 2.24) is 9.80 Å². The zero-order valence-electron chi connectivity index (χ0n) is 26.4. The van der Waals surface area contributed by atoms with Crippen molar-refractivity contribution in [3.05, 3.63) is 88.5 Å². The molecule has 232 valence electrons. The first-order valence-electron chi connectivity index (χ1n) is 16.4. The van der Waals surface area contributed by atoms with E-state index in [-0.39, 0.29) is 5.91 Å². The van der Waals surface area contributed by atoms with Gasteiger partial charge in [0, 0.05) is 68.0 Å². The molecule has 3 aromatic rings. The number of piperazine rings is 1. The van der Waals surface area contributed by atoms with E-state index in [0.29, 0.717) is 29.0 Å². The van der Waals surface area contributed by atoms with Crippen molar-refractivity contribution in [3.63, 3.8) is 0 Å². The molecule has 44 heavy (non-hydrogen) atoms. The van der Waals surface area contributed by atoms with Gasteiger partial charge in [0.05, 0.1) is 13.7 Å². The van der Waals surface area contributed by atoms with Crippen LogP contribution >= 0.6 is 0 Å². The highest BCUT2D eigenvalue weighted by Crippen LogP contribution is 2.53. The second-order valence-electron chi connectivity index (χ2n) is 13.8. The molecule has 1 spiro atoms. The van der Waals surface area contributed by atoms with Crippen LogP contribution < -0.4 is 20.1 Å². The van der Waals surface area contributed by atoms with Crippen molar-refractivity contribution >= 4 is 11.6 Å². The van der Waals surface area contributed by atoms with Crippen molar-refractivity contribution in [2.45, 2.75) is 64.1 Å². The lowest BCUT2D eigenvalue weighted by atomic mass is 9.59. The van der Waals surface area contributed by atoms with E-state index in [1.807, 2.05) is 24.3 Å². The van der Waals surface area contributed by atoms with Crippen LogP contribution in [0.3, 0.4) is 0 Å². The van der Waals surface area contributed by atoms with Crippen LogP contribution in [0.25, 0.3) is 0 Å². The summed E-state index contributed by atoms with van der Waals surface area (Å²) in [6, 6.07) is 22.4. The molecule has 1 amide bonds. The Morgan fingerprint density at radius 3 is 2.57 bits per heavy atom. The highest BCUT2D eigenvalue weighted by atomic mass is 16.5. The normalized spacial score (nSPS) is 21.8. The number of hydrogen-bond acceptors (Lipinski definition) is 6. The van der Waals surface area contributed by atoms with E-state index in [2.05, 4.69) is 64.9 Å². The number of methoxy groups -OCH3 is 1. The molecule has 0 unspecified atom stereocenters. The first-order chi connectivity index (χ1) is 21.3. The van der Waals surface area contributed by atoms with E-state index >= 15 is 0 Å². The van der Waals surface area contributed by atoms with Crippen LogP contribution in [0.15, 0.2) is 60.7 Å². The largest absolute Gasteiger partial charge is 0.493 e. The number of fused-ring (bicyclic) bond motifs is 1. The molecule has 0 radical (unpaired) electrons. The van der Waals surface area contributed by atoms with E-state index in [1.54, 1.807) is 7.11 Å². The Kier molecular flexibility index (Phi) is 7.79. The van der Waals surface area contributed by atoms with Crippen molar-refractivity contribution in [3.8, 4) is 11.5 Å². The van der Waals surface area contributed by atoms with Gasteiger partial charge in [-0.1, -0.05) is 44.2 Å². The quantitative estimate of drug-likeness (QED) is 0.357. The zero-order valence-corrected chi connectivity index (χ0v) is 26.4. The number of rotatable bonds is 8. The van der Waals surface area contributed by atoms with Gasteiger partial charge in [-0.05, 0) is 84.2 Å². The molecular weight excluding hydrogens is 548 g/mol. The molecule has 0 aromatic heterocycles. The van der Waals surface area contributed by atoms with Crippen LogP contribution in [0.1, 0.15) is 77.7 Å². The fourth-order valence-corrected chi connectivity index (χ4v) is 8.28. The van der Waals surface area contributed by atoms with E-state index in [9.17, 15) is 4.79 Å². The van der Waals surface area contributed by atoms with E-state index in [4.69, 9.17) is 15.2 Å². The fraction of sp³-hybridized carbons (Fsp3) is 0.486. The number of aryl methyl sites for hydroxylation is 1. The minimum absolute atomic E-state index is 0.371. The Labute approximate surface area is 261 Å². The molecule has 2 saturated heterocycles. The summed E-state index contributed by atoms with van der Waals surface area (Å²) >= 11 is 0. The summed E-state index contributed by atoms with van der Waals surface area (Å²) in [6.07, 6.45) is 4.63. The highest BCUT2D eigenvalue weighted by Gasteiger charge is 2.55. The van der Waals surface area contributed by atoms with Crippen molar-refractivity contribution < 1.29 is 14.3 Å². The van der Waals surface area contributed by atoms with Gasteiger partial charge in [-0.3, -0.25) is 14.6 Å². The maximum Gasteiger partial charge on any atom is 0.248 e. The van der Waals surface area contributed by atoms with Gasteiger partial charge >= 0.3 is 0 Å². The lowest BCUT2D eigenvalue weighted by Crippen LogP contribution is -2.68. The number of amides is 1. The summed E-state index contributed by atoms with van der Waals surface area (Å²) in [5.74, 6) is 1.93. The average molecular weight is 595 g/mol. The minimum Gasteiger partial charge on any atom is -0.493 e. The third-order valence-corrected chi connectivity index (χ3v) is 10.5. The Balaban J connectivity index is 1.06. The fourth-order valence-electron chi connectivity index (χ4n) is 8.28. The molecule has 1 aliphatic carbocycles. The predicted molar refractivity (Wildman–Crippen MR) is 175 cm³/mol. The number of carbonyl (C=O) groups excluding carboxylic acids is 1. The Morgan fingerprint density at radius 1 is 1.07 bits per heavy atom. The van der Waals surface area contributed by atoms with Crippen LogP contribution in [0.2, 0.25) is 0 Å². The molecule has 1 atom stereocenters. The molecule has 3 aromatic carbocycles. The van der Waals surface area contributed by atoms with Gasteiger partial charge in [-0.25, -0.2) is 0 Å². The molecule has 2 N–H and O–H groups in total. The number of benzene rings is 3. The maximum absolute atomic E-state index is 11.5. The van der Waals surface area contributed by atoms with Gasteiger partial charge in [0.25, 0.3) is 0 Å². The summed E-state index contributed by atoms with van der Waals surface area (Å²) < 4.78 is 11.7. The topological polar surface area (TPSA) is 71.3 Å². The summed E-state index contributed by atoms with van der Waals surface area (Å²) in [4.78, 5) is 19.4. The first-order valence-corrected chi connectivity index (χ1v) is 16.4. The average Bonchev–Trinajstić information content (AvgIpc) is 3.00. The number of carbonyl (C=O) groups is 1. The predicted octanol–water partition coefficient (Wildman–Crippen LogP) is 5.77. The highest BCUT2D eigenvalue weighted by molar-refractivity contribution is 5.93. The van der Waals surface area contributed by atoms with Gasteiger partial charge < -0.3 is 20.1 Å². The maximum atomic E-state index is 11.5. The molecular formula is C37H46N4O3. The molecule has 3 heterocycles. The molecule has 4 aliphatic rings. The second-order valence-corrected chi connectivity index (χ2v) is 13.8. The van der Waals surface area contributed by atoms with Gasteiger partial charge in [0.2, 0.25) is 5.91 Å².